The summed E-state index contributed by atoms with van der Waals surface area (Å²) in [6.07, 6.45) is 2.70. The van der Waals surface area contributed by atoms with Gasteiger partial charge in [-0.1, -0.05) is 48.5 Å². The molecule has 0 spiro atoms. The second-order valence-electron chi connectivity index (χ2n) is 10.5. The van der Waals surface area contributed by atoms with Gasteiger partial charge in [0.05, 0.1) is 18.4 Å². The molecule has 4 heterocycles. The minimum Gasteiger partial charge on any atom is -0.364 e. The summed E-state index contributed by atoms with van der Waals surface area (Å²) >= 11 is 0. The molecule has 3 aromatic heterocycles. The van der Waals surface area contributed by atoms with Crippen LogP contribution < -0.4 is 10.6 Å². The smallest absolute Gasteiger partial charge is 0.364 e. The van der Waals surface area contributed by atoms with Crippen molar-refractivity contribution in [2.24, 2.45) is 0 Å². The summed E-state index contributed by atoms with van der Waals surface area (Å²) in [7, 11) is 0. The van der Waals surface area contributed by atoms with Crippen LogP contribution in [0.5, 0.6) is 0 Å². The highest BCUT2D eigenvalue weighted by Crippen LogP contribution is 2.30. The minimum absolute atomic E-state index is 0.215. The van der Waals surface area contributed by atoms with Gasteiger partial charge in [-0.25, -0.2) is 4.98 Å². The molecule has 0 unspecified atom stereocenters. The van der Waals surface area contributed by atoms with Crippen molar-refractivity contribution >= 4 is 22.9 Å². The molecular weight excluding hydrogens is 541 g/mol. The number of halogens is 3. The van der Waals surface area contributed by atoms with Gasteiger partial charge >= 0.3 is 6.18 Å². The molecule has 1 aliphatic heterocycles. The van der Waals surface area contributed by atoms with E-state index in [1.54, 1.807) is 18.7 Å². The highest BCUT2D eigenvalue weighted by atomic mass is 19.4. The number of alkyl halides is 3. The number of aromatic nitrogens is 5. The average Bonchev–Trinajstić information content (AvgIpc) is 3.40. The highest BCUT2D eigenvalue weighted by Gasteiger charge is 2.30. The predicted octanol–water partition coefficient (Wildman–Crippen LogP) is 5.98. The van der Waals surface area contributed by atoms with Crippen LogP contribution in [0.15, 0.2) is 85.5 Å². The average molecular weight is 573 g/mol. The SMILES string of the molecule is FC(F)(F)c1ccc(Cn2cnc3c(NCc4cccnc4)nc(NC4CCN(Cc5ccccc5)CC4)nc32)cc1. The van der Waals surface area contributed by atoms with Gasteiger partial charge in [-0.2, -0.15) is 23.1 Å². The molecule has 2 N–H and O–H groups in total. The first-order valence-corrected chi connectivity index (χ1v) is 14.0. The maximum atomic E-state index is 13.0. The van der Waals surface area contributed by atoms with Crippen molar-refractivity contribution in [1.82, 2.24) is 29.4 Å². The third-order valence-corrected chi connectivity index (χ3v) is 7.45. The summed E-state index contributed by atoms with van der Waals surface area (Å²) in [4.78, 5) is 20.8. The van der Waals surface area contributed by atoms with Gasteiger partial charge in [0.1, 0.15) is 0 Å². The fourth-order valence-electron chi connectivity index (χ4n) is 5.19. The number of hydrogen-bond acceptors (Lipinski definition) is 7. The van der Waals surface area contributed by atoms with Crippen LogP contribution in [-0.4, -0.2) is 48.5 Å². The van der Waals surface area contributed by atoms with E-state index in [4.69, 9.17) is 9.97 Å². The van der Waals surface area contributed by atoms with Crippen LogP contribution >= 0.6 is 0 Å². The quantitative estimate of drug-likeness (QED) is 0.225. The molecule has 0 saturated carbocycles. The number of piperidine rings is 1. The van der Waals surface area contributed by atoms with Gasteiger partial charge in [0, 0.05) is 44.6 Å². The third kappa shape index (κ3) is 6.68. The molecule has 1 fully saturated rings. The van der Waals surface area contributed by atoms with Crippen LogP contribution in [0.4, 0.5) is 24.9 Å². The van der Waals surface area contributed by atoms with Crippen LogP contribution in [0.1, 0.15) is 35.1 Å². The molecule has 0 atom stereocenters. The lowest BCUT2D eigenvalue weighted by atomic mass is 10.0. The van der Waals surface area contributed by atoms with E-state index < -0.39 is 11.7 Å². The zero-order valence-corrected chi connectivity index (χ0v) is 22.9. The largest absolute Gasteiger partial charge is 0.416 e. The molecule has 0 aliphatic carbocycles. The normalized spacial score (nSPS) is 14.7. The lowest BCUT2D eigenvalue weighted by molar-refractivity contribution is -0.137. The summed E-state index contributed by atoms with van der Waals surface area (Å²) in [5.74, 6) is 1.07. The topological polar surface area (TPSA) is 83.8 Å². The van der Waals surface area contributed by atoms with Crippen LogP contribution in [0.3, 0.4) is 0 Å². The Morgan fingerprint density at radius 3 is 2.29 bits per heavy atom. The monoisotopic (exact) mass is 572 g/mol. The molecular formula is C31H31F3N8. The van der Waals surface area contributed by atoms with Crippen molar-refractivity contribution in [3.8, 4) is 0 Å². The summed E-state index contributed by atoms with van der Waals surface area (Å²) in [5.41, 5.74) is 3.53. The molecule has 8 nitrogen and oxygen atoms in total. The molecule has 2 aromatic carbocycles. The van der Waals surface area contributed by atoms with Gasteiger partial charge in [0.15, 0.2) is 17.0 Å². The summed E-state index contributed by atoms with van der Waals surface area (Å²) in [5, 5.41) is 6.91. The molecule has 0 amide bonds. The zero-order valence-electron chi connectivity index (χ0n) is 22.9. The number of nitrogens with one attached hydrogen (secondary N) is 2. The Hall–Kier alpha value is -4.51. The molecule has 42 heavy (non-hydrogen) atoms. The van der Waals surface area contributed by atoms with Gasteiger partial charge in [-0.05, 0) is 47.7 Å². The second-order valence-corrected chi connectivity index (χ2v) is 10.5. The summed E-state index contributed by atoms with van der Waals surface area (Å²) in [6.45, 7) is 3.69. The zero-order chi connectivity index (χ0) is 28.9. The number of hydrogen-bond donors (Lipinski definition) is 2. The van der Waals surface area contributed by atoms with Crippen molar-refractivity contribution in [3.05, 3.63) is 108 Å². The highest BCUT2D eigenvalue weighted by molar-refractivity contribution is 5.84. The van der Waals surface area contributed by atoms with E-state index in [1.165, 1.54) is 17.7 Å². The number of fused-ring (bicyclic) bond motifs is 1. The van der Waals surface area contributed by atoms with Crippen LogP contribution in [0.2, 0.25) is 0 Å². The van der Waals surface area contributed by atoms with Gasteiger partial charge in [-0.3, -0.25) is 9.88 Å². The number of anilines is 2. The number of imidazole rings is 1. The maximum absolute atomic E-state index is 13.0. The van der Waals surface area contributed by atoms with E-state index in [1.807, 2.05) is 22.8 Å². The Morgan fingerprint density at radius 1 is 0.833 bits per heavy atom. The van der Waals surface area contributed by atoms with Crippen molar-refractivity contribution in [1.29, 1.82) is 0 Å². The standard InChI is InChI=1S/C31H31F3N8/c32-31(33,34)25-10-8-23(9-11-25)20-42-21-37-27-28(36-18-24-7-4-14-35-17-24)39-30(40-29(27)42)38-26-12-15-41(16-13-26)19-22-5-2-1-3-6-22/h1-11,14,17,21,26H,12-13,15-16,18-20H2,(H2,36,38,39,40). The van der Waals surface area contributed by atoms with Gasteiger partial charge in [0.25, 0.3) is 0 Å². The lowest BCUT2D eigenvalue weighted by Gasteiger charge is -2.32. The number of nitrogens with zero attached hydrogens (tertiary/aromatic N) is 6. The maximum Gasteiger partial charge on any atom is 0.416 e. The second kappa shape index (κ2) is 12.2. The summed E-state index contributed by atoms with van der Waals surface area (Å²) < 4.78 is 41.0. The van der Waals surface area contributed by atoms with Crippen molar-refractivity contribution in [3.63, 3.8) is 0 Å². The molecule has 0 radical (unpaired) electrons. The Kier molecular flexibility index (Phi) is 8.00. The Morgan fingerprint density at radius 2 is 1.57 bits per heavy atom. The van der Waals surface area contributed by atoms with Crippen LogP contribution in [0, 0.1) is 0 Å². The van der Waals surface area contributed by atoms with Gasteiger partial charge < -0.3 is 15.2 Å². The van der Waals surface area contributed by atoms with Crippen molar-refractivity contribution in [2.75, 3.05) is 23.7 Å². The van der Waals surface area contributed by atoms with Crippen LogP contribution in [0.25, 0.3) is 11.2 Å². The van der Waals surface area contributed by atoms with Gasteiger partial charge in [0.2, 0.25) is 5.95 Å². The Balaban J connectivity index is 1.21. The molecule has 0 bridgehead atoms. The molecule has 5 aromatic rings. The summed E-state index contributed by atoms with van der Waals surface area (Å²) in [6, 6.07) is 19.7. The molecule has 216 valence electrons. The fourth-order valence-corrected chi connectivity index (χ4v) is 5.19. The van der Waals surface area contributed by atoms with Crippen LogP contribution in [-0.2, 0) is 25.8 Å². The van der Waals surface area contributed by atoms with E-state index in [0.717, 1.165) is 50.2 Å². The van der Waals surface area contributed by atoms with E-state index in [0.29, 0.717) is 41.6 Å². The molecule has 1 saturated heterocycles. The van der Waals surface area contributed by atoms with E-state index >= 15 is 0 Å². The first-order chi connectivity index (χ1) is 20.4. The molecule has 1 aliphatic rings. The first kappa shape index (κ1) is 27.6. The lowest BCUT2D eigenvalue weighted by Crippen LogP contribution is -2.39. The van der Waals surface area contributed by atoms with E-state index in [9.17, 15) is 13.2 Å². The van der Waals surface area contributed by atoms with E-state index in [2.05, 4.69) is 49.8 Å². The third-order valence-electron chi connectivity index (χ3n) is 7.45. The Bertz CT molecular complexity index is 1600. The molecule has 6 rings (SSSR count). The van der Waals surface area contributed by atoms with E-state index in [-0.39, 0.29) is 6.04 Å². The molecule has 11 heteroatoms. The van der Waals surface area contributed by atoms with Crippen molar-refractivity contribution in [2.45, 2.75) is 44.7 Å². The number of benzene rings is 2. The number of pyridine rings is 1. The fraction of sp³-hybridized carbons (Fsp3) is 0.290. The minimum atomic E-state index is -4.37. The number of likely N-dealkylation sites (tertiary alicyclic amines) is 1. The van der Waals surface area contributed by atoms with Crippen molar-refractivity contribution < 1.29 is 13.2 Å². The number of rotatable bonds is 9. The Labute approximate surface area is 241 Å². The van der Waals surface area contributed by atoms with Gasteiger partial charge in [-0.15, -0.1) is 0 Å². The first-order valence-electron chi connectivity index (χ1n) is 14.0. The predicted molar refractivity (Wildman–Crippen MR) is 156 cm³/mol.